The van der Waals surface area contributed by atoms with Gasteiger partial charge in [-0.1, -0.05) is 13.8 Å². The number of hydrogen-bond donors (Lipinski definition) is 1. The zero-order valence-corrected chi connectivity index (χ0v) is 11.5. The van der Waals surface area contributed by atoms with Gasteiger partial charge in [-0.2, -0.15) is 0 Å². The Balaban J connectivity index is 2.41. The summed E-state index contributed by atoms with van der Waals surface area (Å²) in [6, 6.07) is 0.809. The van der Waals surface area contributed by atoms with Crippen LogP contribution in [0.2, 0.25) is 0 Å². The van der Waals surface area contributed by atoms with Crippen molar-refractivity contribution in [3.63, 3.8) is 0 Å². The van der Waals surface area contributed by atoms with Crippen molar-refractivity contribution >= 4 is 0 Å². The maximum Gasteiger partial charge on any atom is 0.0120 e. The molecule has 0 aromatic heterocycles. The molecule has 1 rings (SSSR count). The van der Waals surface area contributed by atoms with Crippen LogP contribution in [-0.4, -0.2) is 62.7 Å². The van der Waals surface area contributed by atoms with Crippen LogP contribution < -0.4 is 5.32 Å². The lowest BCUT2D eigenvalue weighted by atomic mass is 10.0. The van der Waals surface area contributed by atoms with Gasteiger partial charge in [-0.3, -0.25) is 4.90 Å². The Morgan fingerprint density at radius 2 is 1.75 bits per heavy atom. The van der Waals surface area contributed by atoms with E-state index in [1.54, 1.807) is 0 Å². The van der Waals surface area contributed by atoms with Crippen molar-refractivity contribution < 1.29 is 0 Å². The highest BCUT2D eigenvalue weighted by atomic mass is 15.2. The van der Waals surface area contributed by atoms with E-state index in [0.29, 0.717) is 0 Å². The maximum absolute atomic E-state index is 3.45. The standard InChI is InChI=1S/C13H29N3/c1-12(2)11-16(10-9-15(3)4)13-5-7-14-8-6-13/h12-14H,5-11H2,1-4H3. The molecule has 0 spiro atoms. The van der Waals surface area contributed by atoms with Gasteiger partial charge >= 0.3 is 0 Å². The minimum atomic E-state index is 0.775. The summed E-state index contributed by atoms with van der Waals surface area (Å²) in [5, 5.41) is 3.45. The molecule has 96 valence electrons. The van der Waals surface area contributed by atoms with E-state index in [4.69, 9.17) is 0 Å². The van der Waals surface area contributed by atoms with Crippen LogP contribution in [0.5, 0.6) is 0 Å². The Labute approximate surface area is 101 Å². The minimum Gasteiger partial charge on any atom is -0.317 e. The summed E-state index contributed by atoms with van der Waals surface area (Å²) in [5.74, 6) is 0.775. The molecule has 1 aliphatic heterocycles. The van der Waals surface area contributed by atoms with E-state index in [1.807, 2.05) is 0 Å². The number of rotatable bonds is 6. The van der Waals surface area contributed by atoms with Gasteiger partial charge in [0.15, 0.2) is 0 Å². The van der Waals surface area contributed by atoms with Crippen LogP contribution in [0.25, 0.3) is 0 Å². The molecule has 0 bridgehead atoms. The Hall–Kier alpha value is -0.120. The summed E-state index contributed by atoms with van der Waals surface area (Å²) in [5.41, 5.74) is 0. The molecule has 0 aliphatic carbocycles. The molecule has 16 heavy (non-hydrogen) atoms. The van der Waals surface area contributed by atoms with Crippen LogP contribution in [0.1, 0.15) is 26.7 Å². The van der Waals surface area contributed by atoms with E-state index in [2.05, 4.69) is 43.1 Å². The molecule has 0 aromatic carbocycles. The van der Waals surface area contributed by atoms with E-state index < -0.39 is 0 Å². The molecule has 1 N–H and O–H groups in total. The van der Waals surface area contributed by atoms with Crippen molar-refractivity contribution in [3.05, 3.63) is 0 Å². The average Bonchev–Trinajstić information content (AvgIpc) is 2.25. The molecule has 0 radical (unpaired) electrons. The monoisotopic (exact) mass is 227 g/mol. The highest BCUT2D eigenvalue weighted by Crippen LogP contribution is 2.13. The normalized spacial score (nSPS) is 18.9. The summed E-state index contributed by atoms with van der Waals surface area (Å²) < 4.78 is 0. The van der Waals surface area contributed by atoms with Gasteiger partial charge in [0.25, 0.3) is 0 Å². The molecule has 0 amide bonds. The van der Waals surface area contributed by atoms with Gasteiger partial charge in [0.05, 0.1) is 0 Å². The quantitative estimate of drug-likeness (QED) is 0.737. The van der Waals surface area contributed by atoms with E-state index >= 15 is 0 Å². The fourth-order valence-electron chi connectivity index (χ4n) is 2.39. The van der Waals surface area contributed by atoms with Crippen molar-refractivity contribution in [1.29, 1.82) is 0 Å². The summed E-state index contributed by atoms with van der Waals surface area (Å²) in [6.07, 6.45) is 2.64. The first kappa shape index (κ1) is 13.9. The Bertz CT molecular complexity index is 174. The third kappa shape index (κ3) is 5.28. The molecule has 1 heterocycles. The maximum atomic E-state index is 3.45. The van der Waals surface area contributed by atoms with Crippen LogP contribution in [0.15, 0.2) is 0 Å². The fourth-order valence-corrected chi connectivity index (χ4v) is 2.39. The van der Waals surface area contributed by atoms with Gasteiger partial charge in [-0.05, 0) is 45.9 Å². The highest BCUT2D eigenvalue weighted by molar-refractivity contribution is 4.78. The topological polar surface area (TPSA) is 18.5 Å². The smallest absolute Gasteiger partial charge is 0.0120 e. The summed E-state index contributed by atoms with van der Waals surface area (Å²) in [7, 11) is 4.33. The minimum absolute atomic E-state index is 0.775. The van der Waals surface area contributed by atoms with Crippen molar-refractivity contribution in [2.75, 3.05) is 46.8 Å². The highest BCUT2D eigenvalue weighted by Gasteiger charge is 2.21. The lowest BCUT2D eigenvalue weighted by Crippen LogP contribution is -2.46. The first-order valence-electron chi connectivity index (χ1n) is 6.69. The molecular weight excluding hydrogens is 198 g/mol. The third-order valence-corrected chi connectivity index (χ3v) is 3.26. The van der Waals surface area contributed by atoms with Crippen molar-refractivity contribution in [1.82, 2.24) is 15.1 Å². The summed E-state index contributed by atoms with van der Waals surface area (Å²) >= 11 is 0. The van der Waals surface area contributed by atoms with E-state index in [-0.39, 0.29) is 0 Å². The predicted octanol–water partition coefficient (Wildman–Crippen LogP) is 1.26. The number of nitrogens with one attached hydrogen (secondary N) is 1. The van der Waals surface area contributed by atoms with Gasteiger partial charge in [0.1, 0.15) is 0 Å². The third-order valence-electron chi connectivity index (χ3n) is 3.26. The van der Waals surface area contributed by atoms with Gasteiger partial charge in [-0.15, -0.1) is 0 Å². The first-order chi connectivity index (χ1) is 7.59. The molecule has 0 aromatic rings. The molecule has 3 nitrogen and oxygen atoms in total. The van der Waals surface area contributed by atoms with Crippen LogP contribution >= 0.6 is 0 Å². The van der Waals surface area contributed by atoms with Crippen molar-refractivity contribution in [2.24, 2.45) is 5.92 Å². The Morgan fingerprint density at radius 3 is 2.25 bits per heavy atom. The first-order valence-corrected chi connectivity index (χ1v) is 6.69. The molecule has 0 saturated carbocycles. The molecule has 1 fully saturated rings. The summed E-state index contributed by atoms with van der Waals surface area (Å²) in [4.78, 5) is 4.99. The second-order valence-electron chi connectivity index (χ2n) is 5.67. The van der Waals surface area contributed by atoms with E-state index in [1.165, 1.54) is 45.6 Å². The molecule has 0 atom stereocenters. The van der Waals surface area contributed by atoms with Crippen LogP contribution in [-0.2, 0) is 0 Å². The van der Waals surface area contributed by atoms with E-state index in [0.717, 1.165) is 12.0 Å². The number of piperidine rings is 1. The molecule has 1 saturated heterocycles. The molecule has 0 unspecified atom stereocenters. The number of nitrogens with zero attached hydrogens (tertiary/aromatic N) is 2. The molecular formula is C13H29N3. The van der Waals surface area contributed by atoms with Crippen LogP contribution in [0.3, 0.4) is 0 Å². The largest absolute Gasteiger partial charge is 0.317 e. The fraction of sp³-hybridized carbons (Fsp3) is 1.00. The van der Waals surface area contributed by atoms with Crippen LogP contribution in [0.4, 0.5) is 0 Å². The van der Waals surface area contributed by atoms with Gasteiger partial charge in [0.2, 0.25) is 0 Å². The lowest BCUT2D eigenvalue weighted by Gasteiger charge is -2.36. The van der Waals surface area contributed by atoms with Gasteiger partial charge in [0, 0.05) is 25.7 Å². The van der Waals surface area contributed by atoms with Crippen molar-refractivity contribution in [2.45, 2.75) is 32.7 Å². The second-order valence-corrected chi connectivity index (χ2v) is 5.67. The zero-order valence-electron chi connectivity index (χ0n) is 11.5. The lowest BCUT2D eigenvalue weighted by molar-refractivity contribution is 0.134. The van der Waals surface area contributed by atoms with Crippen LogP contribution in [0, 0.1) is 5.92 Å². The SMILES string of the molecule is CC(C)CN(CCN(C)C)C1CCNCC1. The average molecular weight is 227 g/mol. The summed E-state index contributed by atoms with van der Waals surface area (Å²) in [6.45, 7) is 10.7. The molecule has 3 heteroatoms. The van der Waals surface area contributed by atoms with Gasteiger partial charge in [-0.25, -0.2) is 0 Å². The van der Waals surface area contributed by atoms with Gasteiger partial charge < -0.3 is 10.2 Å². The predicted molar refractivity (Wildman–Crippen MR) is 70.9 cm³/mol. The number of likely N-dealkylation sites (N-methyl/N-ethyl adjacent to an activating group) is 1. The number of hydrogen-bond acceptors (Lipinski definition) is 3. The Kier molecular flexibility index (Phi) is 6.32. The van der Waals surface area contributed by atoms with Crippen molar-refractivity contribution in [3.8, 4) is 0 Å². The Morgan fingerprint density at radius 1 is 1.12 bits per heavy atom. The van der Waals surface area contributed by atoms with E-state index in [9.17, 15) is 0 Å². The zero-order chi connectivity index (χ0) is 12.0. The molecule has 1 aliphatic rings. The second kappa shape index (κ2) is 7.25.